The molecule has 3 heterocycles. The van der Waals surface area contributed by atoms with Gasteiger partial charge in [-0.3, -0.25) is 13.9 Å². The van der Waals surface area contributed by atoms with Gasteiger partial charge in [0.1, 0.15) is 12.6 Å². The second kappa shape index (κ2) is 6.52. The molecule has 1 aliphatic rings. The first-order valence-electron chi connectivity index (χ1n) is 8.51. The average molecular weight is 336 g/mol. The predicted molar refractivity (Wildman–Crippen MR) is 90.2 cm³/mol. The van der Waals surface area contributed by atoms with Crippen molar-refractivity contribution >= 4 is 11.2 Å². The summed E-state index contributed by atoms with van der Waals surface area (Å²) in [4.78, 5) is 29.9. The lowest BCUT2D eigenvalue weighted by Gasteiger charge is -2.28. The van der Waals surface area contributed by atoms with E-state index < -0.39 is 11.8 Å². The minimum absolute atomic E-state index is 0.309. The highest BCUT2D eigenvalue weighted by atomic mass is 16.3. The average Bonchev–Trinajstić information content (AvgIpc) is 2.96. The number of fused-ring (bicyclic) bond motifs is 1. The first-order valence-corrected chi connectivity index (χ1v) is 8.51. The van der Waals surface area contributed by atoms with Crippen LogP contribution in [0.25, 0.3) is 11.2 Å². The fourth-order valence-corrected chi connectivity index (χ4v) is 3.53. The normalized spacial score (nSPS) is 22.8. The van der Waals surface area contributed by atoms with Gasteiger partial charge in [-0.1, -0.05) is 6.92 Å². The molecule has 132 valence electrons. The summed E-state index contributed by atoms with van der Waals surface area (Å²) in [7, 11) is 3.05. The molecule has 1 atom stereocenters. The number of hydrogen-bond acceptors (Lipinski definition) is 4. The summed E-state index contributed by atoms with van der Waals surface area (Å²) in [5.74, 6) is 0.771. The SMILES string of the molecule is CC1CC[NH+](C[C@H](O)Cn2cnc3c2c(=O)n(C)c(=O)n3C)CC1. The van der Waals surface area contributed by atoms with Crippen LogP contribution in [0.4, 0.5) is 0 Å². The van der Waals surface area contributed by atoms with E-state index in [9.17, 15) is 14.7 Å². The van der Waals surface area contributed by atoms with Crippen molar-refractivity contribution in [2.75, 3.05) is 19.6 Å². The van der Waals surface area contributed by atoms with E-state index in [4.69, 9.17) is 0 Å². The van der Waals surface area contributed by atoms with Crippen molar-refractivity contribution in [1.82, 2.24) is 18.7 Å². The molecule has 0 saturated carbocycles. The first kappa shape index (κ1) is 16.9. The summed E-state index contributed by atoms with van der Waals surface area (Å²) in [5, 5.41) is 10.4. The minimum Gasteiger partial charge on any atom is -0.385 e. The number of nitrogens with one attached hydrogen (secondary N) is 1. The van der Waals surface area contributed by atoms with Gasteiger partial charge < -0.3 is 14.6 Å². The highest BCUT2D eigenvalue weighted by Gasteiger charge is 2.23. The lowest BCUT2D eigenvalue weighted by molar-refractivity contribution is -0.909. The van der Waals surface area contributed by atoms with Gasteiger partial charge in [0.2, 0.25) is 0 Å². The Morgan fingerprint density at radius 1 is 1.29 bits per heavy atom. The topological polar surface area (TPSA) is 86.5 Å². The zero-order chi connectivity index (χ0) is 17.4. The summed E-state index contributed by atoms with van der Waals surface area (Å²) in [6, 6.07) is 0. The predicted octanol–water partition coefficient (Wildman–Crippen LogP) is -1.89. The summed E-state index contributed by atoms with van der Waals surface area (Å²) in [6.45, 7) is 5.41. The van der Waals surface area contributed by atoms with Crippen LogP contribution < -0.4 is 16.1 Å². The molecule has 1 fully saturated rings. The second-order valence-corrected chi connectivity index (χ2v) is 7.07. The van der Waals surface area contributed by atoms with Crippen LogP contribution in [-0.4, -0.2) is 49.5 Å². The zero-order valence-electron chi connectivity index (χ0n) is 14.5. The van der Waals surface area contributed by atoms with Crippen LogP contribution in [0.3, 0.4) is 0 Å². The van der Waals surface area contributed by atoms with Crippen LogP contribution in [0.5, 0.6) is 0 Å². The molecule has 1 aliphatic heterocycles. The molecule has 0 unspecified atom stereocenters. The molecular formula is C16H26N5O3+. The van der Waals surface area contributed by atoms with Crippen LogP contribution >= 0.6 is 0 Å². The largest absolute Gasteiger partial charge is 0.385 e. The van der Waals surface area contributed by atoms with Gasteiger partial charge in [0.25, 0.3) is 5.56 Å². The summed E-state index contributed by atoms with van der Waals surface area (Å²) >= 11 is 0. The lowest BCUT2D eigenvalue weighted by atomic mass is 9.99. The van der Waals surface area contributed by atoms with Crippen molar-refractivity contribution in [1.29, 1.82) is 0 Å². The van der Waals surface area contributed by atoms with E-state index in [0.29, 0.717) is 24.3 Å². The van der Waals surface area contributed by atoms with E-state index in [0.717, 1.165) is 23.6 Å². The van der Waals surface area contributed by atoms with E-state index >= 15 is 0 Å². The fraction of sp³-hybridized carbons (Fsp3) is 0.688. The van der Waals surface area contributed by atoms with Crippen LogP contribution in [0.15, 0.2) is 15.9 Å². The summed E-state index contributed by atoms with van der Waals surface area (Å²) in [6.07, 6.45) is 3.37. The Labute approximate surface area is 139 Å². The molecule has 0 amide bonds. The monoisotopic (exact) mass is 336 g/mol. The van der Waals surface area contributed by atoms with Gasteiger partial charge in [0, 0.05) is 14.1 Å². The third-order valence-corrected chi connectivity index (χ3v) is 5.13. The van der Waals surface area contributed by atoms with Crippen LogP contribution in [0.1, 0.15) is 19.8 Å². The first-order chi connectivity index (χ1) is 11.4. The number of likely N-dealkylation sites (tertiary alicyclic amines) is 1. The maximum absolute atomic E-state index is 12.4. The quantitative estimate of drug-likeness (QED) is 0.684. The van der Waals surface area contributed by atoms with Gasteiger partial charge in [-0.25, -0.2) is 9.78 Å². The van der Waals surface area contributed by atoms with Gasteiger partial charge in [-0.05, 0) is 18.8 Å². The van der Waals surface area contributed by atoms with Gasteiger partial charge >= 0.3 is 5.69 Å². The summed E-state index contributed by atoms with van der Waals surface area (Å²) < 4.78 is 4.09. The van der Waals surface area contributed by atoms with Crippen molar-refractivity contribution in [3.8, 4) is 0 Å². The molecule has 0 aromatic carbocycles. The molecule has 24 heavy (non-hydrogen) atoms. The molecule has 0 aliphatic carbocycles. The number of aryl methyl sites for hydroxylation is 1. The minimum atomic E-state index is -0.548. The molecule has 8 nitrogen and oxygen atoms in total. The molecule has 2 aromatic rings. The molecular weight excluding hydrogens is 310 g/mol. The van der Waals surface area contributed by atoms with E-state index in [1.807, 2.05) is 0 Å². The third-order valence-electron chi connectivity index (χ3n) is 5.13. The van der Waals surface area contributed by atoms with E-state index in [-0.39, 0.29) is 5.56 Å². The third kappa shape index (κ3) is 3.03. The number of imidazole rings is 1. The van der Waals surface area contributed by atoms with Crippen LogP contribution in [-0.2, 0) is 20.6 Å². The number of aromatic nitrogens is 4. The van der Waals surface area contributed by atoms with Gasteiger partial charge in [0.05, 0.1) is 26.0 Å². The number of nitrogens with zero attached hydrogens (tertiary/aromatic N) is 4. The number of hydrogen-bond donors (Lipinski definition) is 2. The maximum Gasteiger partial charge on any atom is 0.332 e. The van der Waals surface area contributed by atoms with E-state index in [1.165, 1.54) is 35.7 Å². The molecule has 2 N–H and O–H groups in total. The smallest absolute Gasteiger partial charge is 0.332 e. The highest BCUT2D eigenvalue weighted by Crippen LogP contribution is 2.08. The molecule has 3 rings (SSSR count). The molecule has 1 saturated heterocycles. The van der Waals surface area contributed by atoms with Crippen LogP contribution in [0.2, 0.25) is 0 Å². The Bertz CT molecular complexity index is 842. The molecule has 0 spiro atoms. The van der Waals surface area contributed by atoms with Gasteiger partial charge in [0.15, 0.2) is 11.2 Å². The zero-order valence-corrected chi connectivity index (χ0v) is 14.5. The van der Waals surface area contributed by atoms with E-state index in [1.54, 1.807) is 11.6 Å². The molecule has 2 aromatic heterocycles. The maximum atomic E-state index is 12.4. The molecule has 8 heteroatoms. The molecule has 0 radical (unpaired) electrons. The number of piperidine rings is 1. The van der Waals surface area contributed by atoms with Gasteiger partial charge in [-0.2, -0.15) is 0 Å². The Morgan fingerprint density at radius 3 is 2.62 bits per heavy atom. The van der Waals surface area contributed by atoms with Crippen molar-refractivity contribution in [3.63, 3.8) is 0 Å². The Balaban J connectivity index is 1.80. The molecule has 0 bridgehead atoms. The van der Waals surface area contributed by atoms with Crippen LogP contribution in [0, 0.1) is 5.92 Å². The standard InChI is InChI=1S/C16H25N5O3/c1-11-4-6-20(7-5-11)8-12(22)9-21-10-17-14-13(21)15(23)19(3)16(24)18(14)2/h10-12,22H,4-9H2,1-3H3/p+1/t12-/m0/s1. The fourth-order valence-electron chi connectivity index (χ4n) is 3.53. The van der Waals surface area contributed by atoms with E-state index in [2.05, 4.69) is 11.9 Å². The Hall–Kier alpha value is -1.93. The number of rotatable bonds is 4. The van der Waals surface area contributed by atoms with Crippen molar-refractivity contribution < 1.29 is 10.0 Å². The number of quaternary nitrogens is 1. The Kier molecular flexibility index (Phi) is 4.60. The van der Waals surface area contributed by atoms with Crippen molar-refractivity contribution in [2.24, 2.45) is 20.0 Å². The van der Waals surface area contributed by atoms with Gasteiger partial charge in [-0.15, -0.1) is 0 Å². The Morgan fingerprint density at radius 2 is 1.96 bits per heavy atom. The van der Waals surface area contributed by atoms with Crippen molar-refractivity contribution in [2.45, 2.75) is 32.4 Å². The second-order valence-electron chi connectivity index (χ2n) is 7.07. The highest BCUT2D eigenvalue weighted by molar-refractivity contribution is 5.69. The van der Waals surface area contributed by atoms with Crippen molar-refractivity contribution in [3.05, 3.63) is 27.2 Å². The lowest BCUT2D eigenvalue weighted by Crippen LogP contribution is -3.14. The number of aliphatic hydroxyl groups excluding tert-OH is 1. The number of aliphatic hydroxyl groups is 1. The summed E-state index contributed by atoms with van der Waals surface area (Å²) in [5.41, 5.74) is -0.0579.